The second-order valence-electron chi connectivity index (χ2n) is 2.54. The van der Waals surface area contributed by atoms with Crippen molar-refractivity contribution in [2.24, 2.45) is 0 Å². The lowest BCUT2D eigenvalue weighted by atomic mass is 10.2. The van der Waals surface area contributed by atoms with Gasteiger partial charge in [0.2, 0.25) is 5.91 Å². The molecule has 0 aromatic heterocycles. The molecule has 1 aromatic carbocycles. The van der Waals surface area contributed by atoms with Crippen LogP contribution in [0.25, 0.3) is 0 Å². The number of halogens is 1. The fourth-order valence-corrected chi connectivity index (χ4v) is 1.32. The largest absolute Gasteiger partial charge is 0.352 e. The molecule has 0 saturated carbocycles. The summed E-state index contributed by atoms with van der Waals surface area (Å²) in [7, 11) is 0. The lowest BCUT2D eigenvalue weighted by Gasteiger charge is -2.01. The van der Waals surface area contributed by atoms with Gasteiger partial charge in [-0.3, -0.25) is 4.79 Å². The molecule has 0 heterocycles. The second kappa shape index (κ2) is 4.26. The third-order valence-corrected chi connectivity index (χ3v) is 1.92. The van der Waals surface area contributed by atoms with E-state index in [9.17, 15) is 4.79 Å². The van der Waals surface area contributed by atoms with Gasteiger partial charge in [0.1, 0.15) is 0 Å². The highest BCUT2D eigenvalue weighted by Crippen LogP contribution is 2.10. The van der Waals surface area contributed by atoms with Gasteiger partial charge in [-0.05, 0) is 17.7 Å². The molecule has 3 heteroatoms. The highest BCUT2D eigenvalue weighted by atomic mass is 79.9. The number of carbonyl (C=O) groups is 1. The zero-order valence-electron chi connectivity index (χ0n) is 6.80. The van der Waals surface area contributed by atoms with E-state index in [1.165, 1.54) is 6.92 Å². The molecule has 2 nitrogen and oxygen atoms in total. The fourth-order valence-electron chi connectivity index (χ4n) is 0.873. The van der Waals surface area contributed by atoms with Crippen LogP contribution in [-0.4, -0.2) is 5.91 Å². The van der Waals surface area contributed by atoms with Crippen molar-refractivity contribution in [3.8, 4) is 0 Å². The van der Waals surface area contributed by atoms with Gasteiger partial charge in [-0.2, -0.15) is 0 Å². The van der Waals surface area contributed by atoms with Gasteiger partial charge in [0, 0.05) is 17.9 Å². The number of rotatable bonds is 2. The van der Waals surface area contributed by atoms with E-state index in [2.05, 4.69) is 21.2 Å². The summed E-state index contributed by atoms with van der Waals surface area (Å²) in [4.78, 5) is 10.6. The van der Waals surface area contributed by atoms with Crippen LogP contribution >= 0.6 is 15.9 Å². The first-order valence-electron chi connectivity index (χ1n) is 3.67. The van der Waals surface area contributed by atoms with Crippen LogP contribution in [0.2, 0.25) is 0 Å². The topological polar surface area (TPSA) is 29.1 Å². The van der Waals surface area contributed by atoms with Crippen molar-refractivity contribution in [2.45, 2.75) is 13.5 Å². The van der Waals surface area contributed by atoms with Crippen molar-refractivity contribution >= 4 is 21.8 Å². The van der Waals surface area contributed by atoms with Gasteiger partial charge in [-0.1, -0.05) is 28.1 Å². The predicted octanol–water partition coefficient (Wildman–Crippen LogP) is 2.09. The minimum Gasteiger partial charge on any atom is -0.352 e. The summed E-state index contributed by atoms with van der Waals surface area (Å²) >= 11 is 3.36. The molecule has 0 aliphatic carbocycles. The third kappa shape index (κ3) is 3.05. The van der Waals surface area contributed by atoms with E-state index < -0.39 is 0 Å². The molecule has 0 spiro atoms. The van der Waals surface area contributed by atoms with Gasteiger partial charge in [0.05, 0.1) is 0 Å². The number of carbonyl (C=O) groups excluding carboxylic acids is 1. The maximum Gasteiger partial charge on any atom is 0.217 e. The summed E-state index contributed by atoms with van der Waals surface area (Å²) in [5.41, 5.74) is 1.10. The van der Waals surface area contributed by atoms with E-state index in [4.69, 9.17) is 0 Å². The Hall–Kier alpha value is -0.830. The Labute approximate surface area is 80.1 Å². The van der Waals surface area contributed by atoms with Gasteiger partial charge >= 0.3 is 0 Å². The van der Waals surface area contributed by atoms with Gasteiger partial charge in [0.15, 0.2) is 0 Å². The molecule has 0 radical (unpaired) electrons. The van der Waals surface area contributed by atoms with Crippen molar-refractivity contribution < 1.29 is 4.79 Å². The Morgan fingerprint density at radius 1 is 1.58 bits per heavy atom. The van der Waals surface area contributed by atoms with Crippen molar-refractivity contribution in [1.29, 1.82) is 0 Å². The molecule has 0 fully saturated rings. The first-order chi connectivity index (χ1) is 5.68. The second-order valence-corrected chi connectivity index (χ2v) is 3.46. The first-order valence-corrected chi connectivity index (χ1v) is 4.46. The molecule has 1 rings (SSSR count). The first kappa shape index (κ1) is 9.26. The van der Waals surface area contributed by atoms with Gasteiger partial charge < -0.3 is 5.32 Å². The van der Waals surface area contributed by atoms with E-state index in [1.807, 2.05) is 24.3 Å². The summed E-state index contributed by atoms with van der Waals surface area (Å²) in [5, 5.41) is 2.73. The van der Waals surface area contributed by atoms with Crippen LogP contribution < -0.4 is 5.32 Å². The minimum absolute atomic E-state index is 0.00465. The molecule has 0 unspecified atom stereocenters. The van der Waals surface area contributed by atoms with E-state index >= 15 is 0 Å². The Morgan fingerprint density at radius 2 is 2.33 bits per heavy atom. The number of benzene rings is 1. The SMILES string of the molecule is CC(=O)NCc1cccc(Br)c1. The van der Waals surface area contributed by atoms with Crippen LogP contribution in [0.1, 0.15) is 12.5 Å². The Morgan fingerprint density at radius 3 is 2.92 bits per heavy atom. The van der Waals surface area contributed by atoms with Gasteiger partial charge in [0.25, 0.3) is 0 Å². The number of hydrogen-bond acceptors (Lipinski definition) is 1. The van der Waals surface area contributed by atoms with Crippen LogP contribution in [0.5, 0.6) is 0 Å². The monoisotopic (exact) mass is 227 g/mol. The molecule has 1 N–H and O–H groups in total. The summed E-state index contributed by atoms with van der Waals surface area (Å²) in [6.45, 7) is 2.10. The summed E-state index contributed by atoms with van der Waals surface area (Å²) in [5.74, 6) is -0.00465. The van der Waals surface area contributed by atoms with Crippen molar-refractivity contribution in [3.05, 3.63) is 34.3 Å². The molecule has 12 heavy (non-hydrogen) atoms. The molecule has 1 aromatic rings. The molecule has 0 aliphatic rings. The fraction of sp³-hybridized carbons (Fsp3) is 0.222. The van der Waals surface area contributed by atoms with E-state index in [0.717, 1.165) is 10.0 Å². The molecule has 64 valence electrons. The van der Waals surface area contributed by atoms with Gasteiger partial charge in [-0.15, -0.1) is 0 Å². The van der Waals surface area contributed by atoms with Crippen molar-refractivity contribution in [3.63, 3.8) is 0 Å². The standard InChI is InChI=1S/C9H10BrNO/c1-7(12)11-6-8-3-2-4-9(10)5-8/h2-5H,6H2,1H3,(H,11,12). The van der Waals surface area contributed by atoms with Crippen molar-refractivity contribution in [1.82, 2.24) is 5.32 Å². The van der Waals surface area contributed by atoms with Crippen LogP contribution in [0, 0.1) is 0 Å². The lowest BCUT2D eigenvalue weighted by molar-refractivity contribution is -0.119. The Bertz CT molecular complexity index is 286. The van der Waals surface area contributed by atoms with Crippen LogP contribution in [-0.2, 0) is 11.3 Å². The maximum absolute atomic E-state index is 10.6. The highest BCUT2D eigenvalue weighted by molar-refractivity contribution is 9.10. The predicted molar refractivity (Wildman–Crippen MR) is 51.7 cm³/mol. The number of amides is 1. The summed E-state index contributed by atoms with van der Waals surface area (Å²) < 4.78 is 1.03. The molecule has 0 aliphatic heterocycles. The molecular weight excluding hydrogens is 218 g/mol. The van der Waals surface area contributed by atoms with Crippen LogP contribution in [0.15, 0.2) is 28.7 Å². The quantitative estimate of drug-likeness (QED) is 0.824. The molecule has 0 bridgehead atoms. The van der Waals surface area contributed by atoms with Crippen LogP contribution in [0.4, 0.5) is 0 Å². The van der Waals surface area contributed by atoms with E-state index in [1.54, 1.807) is 0 Å². The van der Waals surface area contributed by atoms with E-state index in [-0.39, 0.29) is 5.91 Å². The molecule has 1 amide bonds. The smallest absolute Gasteiger partial charge is 0.217 e. The number of nitrogens with one attached hydrogen (secondary N) is 1. The maximum atomic E-state index is 10.6. The lowest BCUT2D eigenvalue weighted by Crippen LogP contribution is -2.18. The zero-order valence-corrected chi connectivity index (χ0v) is 8.39. The molecular formula is C9H10BrNO. The average molecular weight is 228 g/mol. The van der Waals surface area contributed by atoms with E-state index in [0.29, 0.717) is 6.54 Å². The van der Waals surface area contributed by atoms with Crippen LogP contribution in [0.3, 0.4) is 0 Å². The average Bonchev–Trinajstić information content (AvgIpc) is 2.01. The molecule has 0 atom stereocenters. The normalized spacial score (nSPS) is 9.50. The third-order valence-electron chi connectivity index (χ3n) is 1.43. The van der Waals surface area contributed by atoms with Crippen molar-refractivity contribution in [2.75, 3.05) is 0 Å². The zero-order chi connectivity index (χ0) is 8.97. The summed E-state index contributed by atoms with van der Waals surface area (Å²) in [6.07, 6.45) is 0. The number of hydrogen-bond donors (Lipinski definition) is 1. The Kier molecular flexibility index (Phi) is 3.29. The Balaban J connectivity index is 2.57. The highest BCUT2D eigenvalue weighted by Gasteiger charge is 1.94. The summed E-state index contributed by atoms with van der Waals surface area (Å²) in [6, 6.07) is 7.86. The minimum atomic E-state index is -0.00465. The van der Waals surface area contributed by atoms with Gasteiger partial charge in [-0.25, -0.2) is 0 Å². The molecule has 0 saturated heterocycles.